The fourth-order valence-electron chi connectivity index (χ4n) is 4.61. The number of aliphatic hydroxyl groups is 1. The summed E-state index contributed by atoms with van der Waals surface area (Å²) in [7, 11) is 0. The summed E-state index contributed by atoms with van der Waals surface area (Å²) in [5.41, 5.74) is 2.24. The number of carboxylic acids is 1. The first kappa shape index (κ1) is 31.2. The molecule has 0 bridgehead atoms. The highest BCUT2D eigenvalue weighted by molar-refractivity contribution is 6.03. The summed E-state index contributed by atoms with van der Waals surface area (Å²) < 4.78 is 5.50. The number of aryl methyl sites for hydroxylation is 1. The third-order valence-corrected chi connectivity index (χ3v) is 6.71. The number of unbranched alkanes of at least 4 members (excludes halogenated alkanes) is 13. The zero-order valence-electron chi connectivity index (χ0n) is 22.4. The molecule has 0 heterocycles. The van der Waals surface area contributed by atoms with Gasteiger partial charge in [-0.1, -0.05) is 97.0 Å². The maximum absolute atomic E-state index is 12.8. The fourth-order valence-corrected chi connectivity index (χ4v) is 4.61. The standard InChI is InChI=1S/C30H50O5/c1-3-5-15-19-25-21-22-27(28(29(32)33)26(25)20-16-6-4-2)30(34)35-24-18-14-12-10-8-7-9-11-13-17-23-31/h21-22,31H,3-20,23-24H2,1-2H3,(H,32,33). The summed E-state index contributed by atoms with van der Waals surface area (Å²) in [6.45, 7) is 4.93. The Morgan fingerprint density at radius 2 is 1.26 bits per heavy atom. The second kappa shape index (κ2) is 20.3. The van der Waals surface area contributed by atoms with Gasteiger partial charge in [-0.05, 0) is 55.7 Å². The van der Waals surface area contributed by atoms with Crippen molar-refractivity contribution in [3.8, 4) is 0 Å². The first-order chi connectivity index (χ1) is 17.1. The van der Waals surface area contributed by atoms with Gasteiger partial charge >= 0.3 is 11.9 Å². The van der Waals surface area contributed by atoms with Crippen LogP contribution in [-0.4, -0.2) is 35.4 Å². The molecule has 0 aliphatic heterocycles. The molecule has 0 fully saturated rings. The van der Waals surface area contributed by atoms with Crippen LogP contribution >= 0.6 is 0 Å². The molecule has 5 heteroatoms. The van der Waals surface area contributed by atoms with Crippen LogP contribution in [0.25, 0.3) is 0 Å². The average molecular weight is 491 g/mol. The molecule has 0 spiro atoms. The van der Waals surface area contributed by atoms with E-state index >= 15 is 0 Å². The summed E-state index contributed by atoms with van der Waals surface area (Å²) in [4.78, 5) is 25.0. The number of ether oxygens (including phenoxy) is 1. The molecule has 0 aliphatic rings. The van der Waals surface area contributed by atoms with Crippen LogP contribution in [-0.2, 0) is 17.6 Å². The maximum Gasteiger partial charge on any atom is 0.339 e. The predicted molar refractivity (Wildman–Crippen MR) is 143 cm³/mol. The zero-order valence-corrected chi connectivity index (χ0v) is 22.4. The number of benzene rings is 1. The van der Waals surface area contributed by atoms with Gasteiger partial charge in [-0.15, -0.1) is 0 Å². The number of carbonyl (C=O) groups excluding carboxylic acids is 1. The molecule has 0 amide bonds. The molecule has 0 atom stereocenters. The quantitative estimate of drug-likeness (QED) is 0.127. The van der Waals surface area contributed by atoms with Gasteiger partial charge in [-0.3, -0.25) is 0 Å². The number of aromatic carboxylic acids is 1. The molecule has 1 aromatic rings. The number of hydrogen-bond acceptors (Lipinski definition) is 4. The number of carboxylic acid groups (broad SMARTS) is 1. The molecule has 200 valence electrons. The number of esters is 1. The van der Waals surface area contributed by atoms with Gasteiger partial charge in [0.05, 0.1) is 17.7 Å². The Hall–Kier alpha value is -1.88. The number of rotatable bonds is 22. The summed E-state index contributed by atoms with van der Waals surface area (Å²) in [6, 6.07) is 3.61. The largest absolute Gasteiger partial charge is 0.478 e. The molecule has 5 nitrogen and oxygen atoms in total. The van der Waals surface area contributed by atoms with E-state index in [-0.39, 0.29) is 11.1 Å². The van der Waals surface area contributed by atoms with E-state index < -0.39 is 11.9 Å². The molecule has 2 N–H and O–H groups in total. The van der Waals surface area contributed by atoms with Crippen molar-refractivity contribution in [1.82, 2.24) is 0 Å². The van der Waals surface area contributed by atoms with Crippen LogP contribution in [0.3, 0.4) is 0 Å². The highest BCUT2D eigenvalue weighted by Gasteiger charge is 2.23. The first-order valence-corrected chi connectivity index (χ1v) is 14.2. The van der Waals surface area contributed by atoms with Gasteiger partial charge in [0.15, 0.2) is 0 Å². The van der Waals surface area contributed by atoms with Gasteiger partial charge in [0.2, 0.25) is 0 Å². The number of carbonyl (C=O) groups is 2. The third-order valence-electron chi connectivity index (χ3n) is 6.71. The Bertz CT molecular complexity index is 713. The molecule has 0 aromatic heterocycles. The van der Waals surface area contributed by atoms with Crippen LogP contribution in [0.5, 0.6) is 0 Å². The second-order valence-electron chi connectivity index (χ2n) is 9.74. The Morgan fingerprint density at radius 1 is 0.714 bits per heavy atom. The van der Waals surface area contributed by atoms with E-state index in [9.17, 15) is 14.7 Å². The van der Waals surface area contributed by atoms with Crippen molar-refractivity contribution in [3.05, 3.63) is 34.4 Å². The molecule has 35 heavy (non-hydrogen) atoms. The monoisotopic (exact) mass is 490 g/mol. The van der Waals surface area contributed by atoms with Crippen molar-refractivity contribution in [3.63, 3.8) is 0 Å². The van der Waals surface area contributed by atoms with Crippen molar-refractivity contribution in [1.29, 1.82) is 0 Å². The van der Waals surface area contributed by atoms with Crippen molar-refractivity contribution >= 4 is 11.9 Å². The Morgan fingerprint density at radius 3 is 1.80 bits per heavy atom. The van der Waals surface area contributed by atoms with Gasteiger partial charge in [-0.2, -0.15) is 0 Å². The Balaban J connectivity index is 2.57. The lowest BCUT2D eigenvalue weighted by molar-refractivity contribution is 0.0487. The Kier molecular flexibility index (Phi) is 18.1. The fraction of sp³-hybridized carbons (Fsp3) is 0.733. The molecule has 0 radical (unpaired) electrons. The van der Waals surface area contributed by atoms with E-state index in [0.29, 0.717) is 19.6 Å². The minimum absolute atomic E-state index is 0.152. The lowest BCUT2D eigenvalue weighted by Crippen LogP contribution is -2.16. The Labute approximate surface area is 213 Å². The minimum atomic E-state index is -1.03. The smallest absolute Gasteiger partial charge is 0.339 e. The second-order valence-corrected chi connectivity index (χ2v) is 9.74. The SMILES string of the molecule is CCCCCc1ccc(C(=O)OCCCCCCCCCCCCO)c(C(=O)O)c1CCCCC. The van der Waals surface area contributed by atoms with Crippen LogP contribution in [0.1, 0.15) is 148 Å². The van der Waals surface area contributed by atoms with Gasteiger partial charge in [-0.25, -0.2) is 9.59 Å². The zero-order chi connectivity index (χ0) is 25.7. The molecule has 0 saturated carbocycles. The molecular weight excluding hydrogens is 440 g/mol. The summed E-state index contributed by atoms with van der Waals surface area (Å²) in [5, 5.41) is 18.8. The highest BCUT2D eigenvalue weighted by Crippen LogP contribution is 2.25. The van der Waals surface area contributed by atoms with Gasteiger partial charge in [0.1, 0.15) is 0 Å². The summed E-state index contributed by atoms with van der Waals surface area (Å²) in [5.74, 6) is -1.54. The van der Waals surface area contributed by atoms with Crippen molar-refractivity contribution in [2.75, 3.05) is 13.2 Å². The van der Waals surface area contributed by atoms with Crippen LogP contribution in [0.15, 0.2) is 12.1 Å². The van der Waals surface area contributed by atoms with Crippen molar-refractivity contribution < 1.29 is 24.5 Å². The maximum atomic E-state index is 12.8. The van der Waals surface area contributed by atoms with Gasteiger partial charge in [0.25, 0.3) is 0 Å². The third kappa shape index (κ3) is 13.1. The number of hydrogen-bond donors (Lipinski definition) is 2. The summed E-state index contributed by atoms with van der Waals surface area (Å²) >= 11 is 0. The van der Waals surface area contributed by atoms with E-state index in [1.54, 1.807) is 6.07 Å². The lowest BCUT2D eigenvalue weighted by Gasteiger charge is -2.16. The van der Waals surface area contributed by atoms with Crippen molar-refractivity contribution in [2.24, 2.45) is 0 Å². The lowest BCUT2D eigenvalue weighted by atomic mass is 9.89. The van der Waals surface area contributed by atoms with E-state index in [4.69, 9.17) is 9.84 Å². The van der Waals surface area contributed by atoms with Crippen LogP contribution in [0.4, 0.5) is 0 Å². The van der Waals surface area contributed by atoms with E-state index in [2.05, 4.69) is 13.8 Å². The summed E-state index contributed by atoms with van der Waals surface area (Å²) in [6.07, 6.45) is 18.9. The van der Waals surface area contributed by atoms with Crippen LogP contribution < -0.4 is 0 Å². The molecule has 1 rings (SSSR count). The molecule has 0 saturated heterocycles. The molecule has 1 aromatic carbocycles. The van der Waals surface area contributed by atoms with E-state index in [0.717, 1.165) is 88.2 Å². The van der Waals surface area contributed by atoms with E-state index in [1.807, 2.05) is 6.07 Å². The van der Waals surface area contributed by atoms with Crippen molar-refractivity contribution in [2.45, 2.75) is 129 Å². The highest BCUT2D eigenvalue weighted by atomic mass is 16.5. The minimum Gasteiger partial charge on any atom is -0.478 e. The predicted octanol–water partition coefficient (Wildman–Crippen LogP) is 7.90. The topological polar surface area (TPSA) is 83.8 Å². The van der Waals surface area contributed by atoms with Gasteiger partial charge < -0.3 is 14.9 Å². The average Bonchev–Trinajstić information content (AvgIpc) is 2.85. The molecule has 0 aliphatic carbocycles. The molecular formula is C30H50O5. The van der Waals surface area contributed by atoms with Crippen LogP contribution in [0.2, 0.25) is 0 Å². The van der Waals surface area contributed by atoms with E-state index in [1.165, 1.54) is 32.1 Å². The first-order valence-electron chi connectivity index (χ1n) is 14.2. The van der Waals surface area contributed by atoms with Gasteiger partial charge in [0, 0.05) is 6.61 Å². The normalized spacial score (nSPS) is 11.1. The van der Waals surface area contributed by atoms with Crippen LogP contribution in [0, 0.1) is 0 Å². The molecule has 0 unspecified atom stereocenters. The number of aliphatic hydroxyl groups excluding tert-OH is 1.